The van der Waals surface area contributed by atoms with Crippen LogP contribution < -0.4 is 10.6 Å². The van der Waals surface area contributed by atoms with Crippen molar-refractivity contribution in [1.29, 1.82) is 0 Å². The van der Waals surface area contributed by atoms with Gasteiger partial charge in [-0.3, -0.25) is 9.78 Å². The van der Waals surface area contributed by atoms with E-state index in [9.17, 15) is 4.79 Å². The summed E-state index contributed by atoms with van der Waals surface area (Å²) in [5.41, 5.74) is 3.97. The van der Waals surface area contributed by atoms with E-state index in [0.717, 1.165) is 18.7 Å². The second-order valence-corrected chi connectivity index (χ2v) is 4.61. The lowest BCUT2D eigenvalue weighted by molar-refractivity contribution is 0.0958. The van der Waals surface area contributed by atoms with Gasteiger partial charge in [-0.15, -0.1) is 0 Å². The van der Waals surface area contributed by atoms with E-state index in [4.69, 9.17) is 0 Å². The molecular weight excluding hydrogens is 250 g/mol. The van der Waals surface area contributed by atoms with Crippen molar-refractivity contribution in [3.63, 3.8) is 0 Å². The van der Waals surface area contributed by atoms with Gasteiger partial charge in [0.25, 0.3) is 5.91 Å². The Bertz CT molecular complexity index is 596. The van der Waals surface area contributed by atoms with Crippen LogP contribution in [-0.4, -0.2) is 24.5 Å². The summed E-state index contributed by atoms with van der Waals surface area (Å²) >= 11 is 0. The summed E-state index contributed by atoms with van der Waals surface area (Å²) in [7, 11) is 1.60. The number of benzene rings is 1. The molecule has 4 heteroatoms. The maximum absolute atomic E-state index is 11.5. The van der Waals surface area contributed by atoms with Gasteiger partial charge in [0.1, 0.15) is 5.69 Å². The number of hydrogen-bond acceptors (Lipinski definition) is 3. The molecule has 0 atom stereocenters. The molecular formula is C16H19N3O. The van der Waals surface area contributed by atoms with E-state index < -0.39 is 0 Å². The number of nitrogens with zero attached hydrogens (tertiary/aromatic N) is 1. The summed E-state index contributed by atoms with van der Waals surface area (Å²) < 4.78 is 0. The Morgan fingerprint density at radius 2 is 2.05 bits per heavy atom. The Morgan fingerprint density at radius 1 is 1.25 bits per heavy atom. The second-order valence-electron chi connectivity index (χ2n) is 4.61. The molecule has 0 radical (unpaired) electrons. The van der Waals surface area contributed by atoms with Gasteiger partial charge in [0.15, 0.2) is 0 Å². The molecule has 104 valence electrons. The third kappa shape index (κ3) is 3.57. The smallest absolute Gasteiger partial charge is 0.269 e. The van der Waals surface area contributed by atoms with Gasteiger partial charge >= 0.3 is 0 Å². The maximum atomic E-state index is 11.5. The van der Waals surface area contributed by atoms with Crippen LogP contribution in [0.5, 0.6) is 0 Å². The summed E-state index contributed by atoms with van der Waals surface area (Å²) in [4.78, 5) is 15.5. The molecule has 0 unspecified atom stereocenters. The third-order valence-electron chi connectivity index (χ3n) is 3.20. The topological polar surface area (TPSA) is 54.0 Å². The molecule has 0 aliphatic heterocycles. The third-order valence-corrected chi connectivity index (χ3v) is 3.20. The molecule has 0 bridgehead atoms. The Kier molecular flexibility index (Phi) is 4.71. The van der Waals surface area contributed by atoms with Crippen LogP contribution in [0.15, 0.2) is 42.6 Å². The predicted octanol–water partition coefficient (Wildman–Crippen LogP) is 2.40. The fourth-order valence-electron chi connectivity index (χ4n) is 2.02. The van der Waals surface area contributed by atoms with Gasteiger partial charge in [-0.1, -0.05) is 24.3 Å². The van der Waals surface area contributed by atoms with Gasteiger partial charge in [-0.2, -0.15) is 0 Å². The summed E-state index contributed by atoms with van der Waals surface area (Å²) in [6.07, 6.45) is 2.59. The highest BCUT2D eigenvalue weighted by atomic mass is 16.1. The van der Waals surface area contributed by atoms with E-state index in [-0.39, 0.29) is 5.91 Å². The molecule has 2 aromatic rings. The number of anilines is 1. The summed E-state index contributed by atoms with van der Waals surface area (Å²) in [5.74, 6) is -0.174. The molecule has 0 aliphatic rings. The Morgan fingerprint density at radius 3 is 2.80 bits per heavy atom. The van der Waals surface area contributed by atoms with Crippen LogP contribution >= 0.6 is 0 Å². The average molecular weight is 269 g/mol. The Labute approximate surface area is 119 Å². The Balaban J connectivity index is 1.94. The average Bonchev–Trinajstić information content (AvgIpc) is 2.49. The van der Waals surface area contributed by atoms with Crippen molar-refractivity contribution in [3.05, 3.63) is 59.4 Å². The van der Waals surface area contributed by atoms with Crippen LogP contribution in [0.2, 0.25) is 0 Å². The summed E-state index contributed by atoms with van der Waals surface area (Å²) in [6.45, 7) is 2.94. The Hall–Kier alpha value is -2.36. The van der Waals surface area contributed by atoms with Gasteiger partial charge < -0.3 is 10.6 Å². The highest BCUT2D eigenvalue weighted by Gasteiger charge is 2.05. The maximum Gasteiger partial charge on any atom is 0.269 e. The molecule has 2 rings (SSSR count). The van der Waals surface area contributed by atoms with Crippen LogP contribution in [0, 0.1) is 6.92 Å². The molecule has 0 saturated carbocycles. The fraction of sp³-hybridized carbons (Fsp3) is 0.250. The van der Waals surface area contributed by atoms with Gasteiger partial charge in [0, 0.05) is 25.5 Å². The van der Waals surface area contributed by atoms with Crippen LogP contribution in [0.1, 0.15) is 21.6 Å². The minimum absolute atomic E-state index is 0.174. The lowest BCUT2D eigenvalue weighted by atomic mass is 10.1. The number of amides is 1. The van der Waals surface area contributed by atoms with Crippen LogP contribution in [0.3, 0.4) is 0 Å². The summed E-state index contributed by atoms with van der Waals surface area (Å²) in [5, 5.41) is 5.89. The molecule has 4 nitrogen and oxygen atoms in total. The van der Waals surface area contributed by atoms with Crippen molar-refractivity contribution in [1.82, 2.24) is 10.3 Å². The van der Waals surface area contributed by atoms with Crippen molar-refractivity contribution >= 4 is 11.6 Å². The fourth-order valence-corrected chi connectivity index (χ4v) is 2.02. The van der Waals surface area contributed by atoms with Crippen molar-refractivity contribution < 1.29 is 4.79 Å². The number of rotatable bonds is 5. The zero-order valence-corrected chi connectivity index (χ0v) is 11.8. The molecule has 0 fully saturated rings. The molecule has 0 spiro atoms. The van der Waals surface area contributed by atoms with Gasteiger partial charge in [0.05, 0.1) is 0 Å². The zero-order chi connectivity index (χ0) is 14.4. The number of carbonyl (C=O) groups is 1. The van der Waals surface area contributed by atoms with E-state index in [1.54, 1.807) is 19.3 Å². The van der Waals surface area contributed by atoms with E-state index in [0.29, 0.717) is 5.69 Å². The quantitative estimate of drug-likeness (QED) is 0.876. The molecule has 1 amide bonds. The highest BCUT2D eigenvalue weighted by molar-refractivity contribution is 5.92. The minimum atomic E-state index is -0.174. The van der Waals surface area contributed by atoms with Crippen molar-refractivity contribution in [3.8, 4) is 0 Å². The second kappa shape index (κ2) is 6.70. The van der Waals surface area contributed by atoms with Crippen LogP contribution in [0.4, 0.5) is 5.69 Å². The van der Waals surface area contributed by atoms with E-state index in [1.165, 1.54) is 11.1 Å². The standard InChI is InChI=1S/C16H19N3O/c1-12-5-3-4-6-13(12)7-9-18-14-8-10-19-15(11-14)16(20)17-2/h3-6,8,10-11H,7,9H2,1-2H3,(H,17,20)(H,18,19). The first-order valence-electron chi connectivity index (χ1n) is 6.67. The van der Waals surface area contributed by atoms with Gasteiger partial charge in [0.2, 0.25) is 0 Å². The van der Waals surface area contributed by atoms with Gasteiger partial charge in [-0.05, 0) is 36.6 Å². The number of hydrogen-bond donors (Lipinski definition) is 2. The molecule has 20 heavy (non-hydrogen) atoms. The number of pyridine rings is 1. The van der Waals surface area contributed by atoms with E-state index in [1.807, 2.05) is 12.1 Å². The lowest BCUT2D eigenvalue weighted by Gasteiger charge is -2.09. The lowest BCUT2D eigenvalue weighted by Crippen LogP contribution is -2.19. The number of aryl methyl sites for hydroxylation is 1. The predicted molar refractivity (Wildman–Crippen MR) is 81.0 cm³/mol. The monoisotopic (exact) mass is 269 g/mol. The number of nitrogens with one attached hydrogen (secondary N) is 2. The molecule has 0 aliphatic carbocycles. The van der Waals surface area contributed by atoms with Crippen LogP contribution in [-0.2, 0) is 6.42 Å². The molecule has 1 aromatic carbocycles. The molecule has 1 aromatic heterocycles. The first-order valence-corrected chi connectivity index (χ1v) is 6.67. The number of aromatic nitrogens is 1. The first-order chi connectivity index (χ1) is 9.70. The molecule has 2 N–H and O–H groups in total. The normalized spacial score (nSPS) is 10.1. The number of carbonyl (C=O) groups excluding carboxylic acids is 1. The van der Waals surface area contributed by atoms with E-state index in [2.05, 4.69) is 40.7 Å². The van der Waals surface area contributed by atoms with Crippen molar-refractivity contribution in [2.75, 3.05) is 18.9 Å². The molecule has 1 heterocycles. The first kappa shape index (κ1) is 14.1. The molecule has 0 saturated heterocycles. The van der Waals surface area contributed by atoms with Crippen molar-refractivity contribution in [2.45, 2.75) is 13.3 Å². The minimum Gasteiger partial charge on any atom is -0.385 e. The van der Waals surface area contributed by atoms with Crippen molar-refractivity contribution in [2.24, 2.45) is 0 Å². The van der Waals surface area contributed by atoms with Crippen LogP contribution in [0.25, 0.3) is 0 Å². The highest BCUT2D eigenvalue weighted by Crippen LogP contribution is 2.10. The zero-order valence-electron chi connectivity index (χ0n) is 11.8. The van der Waals surface area contributed by atoms with Gasteiger partial charge in [-0.25, -0.2) is 0 Å². The summed E-state index contributed by atoms with van der Waals surface area (Å²) in [6, 6.07) is 12.0. The van der Waals surface area contributed by atoms with E-state index >= 15 is 0 Å². The SMILES string of the molecule is CNC(=O)c1cc(NCCc2ccccc2C)ccn1. The largest absolute Gasteiger partial charge is 0.385 e.